The Morgan fingerprint density at radius 1 is 1.38 bits per heavy atom. The number of hydrogen-bond donors (Lipinski definition) is 3. The first kappa shape index (κ1) is 12.9. The molecule has 3 N–H and O–H groups in total. The highest BCUT2D eigenvalue weighted by molar-refractivity contribution is 4.75. The fourth-order valence-electron chi connectivity index (χ4n) is 1.28. The summed E-state index contributed by atoms with van der Waals surface area (Å²) in [6, 6.07) is 0. The van der Waals surface area contributed by atoms with Gasteiger partial charge in [-0.2, -0.15) is 0 Å². The van der Waals surface area contributed by atoms with Crippen LogP contribution in [0.4, 0.5) is 0 Å². The normalized spacial score (nSPS) is 18.2. The van der Waals surface area contributed by atoms with E-state index in [0.717, 1.165) is 19.3 Å². The Kier molecular flexibility index (Phi) is 6.29. The van der Waals surface area contributed by atoms with E-state index in [4.69, 9.17) is 0 Å². The first-order valence-corrected chi connectivity index (χ1v) is 5.13. The zero-order chi connectivity index (χ0) is 10.3. The molecule has 3 heteroatoms. The van der Waals surface area contributed by atoms with E-state index in [1.54, 1.807) is 0 Å². The summed E-state index contributed by atoms with van der Waals surface area (Å²) < 4.78 is 0. The van der Waals surface area contributed by atoms with E-state index in [-0.39, 0.29) is 6.10 Å². The molecular formula is C10H23NO2. The van der Waals surface area contributed by atoms with Crippen LogP contribution in [0.1, 0.15) is 40.0 Å². The molecule has 2 atom stereocenters. The van der Waals surface area contributed by atoms with E-state index in [9.17, 15) is 10.2 Å². The monoisotopic (exact) mass is 189 g/mol. The minimum absolute atomic E-state index is 0.294. The lowest BCUT2D eigenvalue weighted by molar-refractivity contribution is 0.0460. The van der Waals surface area contributed by atoms with Crippen LogP contribution in [0, 0.1) is 0 Å². The van der Waals surface area contributed by atoms with Gasteiger partial charge in [0.2, 0.25) is 0 Å². The van der Waals surface area contributed by atoms with Crippen LogP contribution in [-0.2, 0) is 0 Å². The van der Waals surface area contributed by atoms with Gasteiger partial charge in [0, 0.05) is 13.1 Å². The molecule has 80 valence electrons. The quantitative estimate of drug-likeness (QED) is 0.557. The van der Waals surface area contributed by atoms with Gasteiger partial charge in [-0.05, 0) is 19.8 Å². The largest absolute Gasteiger partial charge is 0.392 e. The lowest BCUT2D eigenvalue weighted by atomic mass is 10.0. The molecule has 0 bridgehead atoms. The Hall–Kier alpha value is -0.120. The zero-order valence-electron chi connectivity index (χ0n) is 9.01. The molecule has 0 radical (unpaired) electrons. The highest BCUT2D eigenvalue weighted by atomic mass is 16.3. The predicted molar refractivity (Wildman–Crippen MR) is 54.7 cm³/mol. The summed E-state index contributed by atoms with van der Waals surface area (Å²) in [4.78, 5) is 0. The van der Waals surface area contributed by atoms with E-state index in [1.807, 2.05) is 13.8 Å². The van der Waals surface area contributed by atoms with Crippen LogP contribution in [0.2, 0.25) is 0 Å². The SMILES string of the molecule is CCCC(C)(O)CNCC(O)CC. The van der Waals surface area contributed by atoms with Gasteiger partial charge in [0.1, 0.15) is 0 Å². The van der Waals surface area contributed by atoms with Gasteiger partial charge in [-0.1, -0.05) is 20.3 Å². The second kappa shape index (κ2) is 6.35. The minimum atomic E-state index is -0.637. The van der Waals surface area contributed by atoms with Crippen molar-refractivity contribution in [2.75, 3.05) is 13.1 Å². The van der Waals surface area contributed by atoms with Crippen LogP contribution in [0.5, 0.6) is 0 Å². The smallest absolute Gasteiger partial charge is 0.0743 e. The lowest BCUT2D eigenvalue weighted by Crippen LogP contribution is -2.40. The maximum Gasteiger partial charge on any atom is 0.0743 e. The number of aliphatic hydroxyl groups excluding tert-OH is 1. The van der Waals surface area contributed by atoms with Gasteiger partial charge in [0.05, 0.1) is 11.7 Å². The van der Waals surface area contributed by atoms with Crippen molar-refractivity contribution >= 4 is 0 Å². The summed E-state index contributed by atoms with van der Waals surface area (Å²) >= 11 is 0. The van der Waals surface area contributed by atoms with E-state index < -0.39 is 5.60 Å². The van der Waals surface area contributed by atoms with E-state index >= 15 is 0 Å². The first-order valence-electron chi connectivity index (χ1n) is 5.13. The number of nitrogens with one attached hydrogen (secondary N) is 1. The van der Waals surface area contributed by atoms with E-state index in [1.165, 1.54) is 0 Å². The van der Waals surface area contributed by atoms with Gasteiger partial charge in [0.15, 0.2) is 0 Å². The fraction of sp³-hybridized carbons (Fsp3) is 1.00. The number of rotatable bonds is 7. The van der Waals surface area contributed by atoms with Crippen LogP contribution in [0.25, 0.3) is 0 Å². The molecule has 0 saturated heterocycles. The van der Waals surface area contributed by atoms with Crippen molar-refractivity contribution in [3.8, 4) is 0 Å². The average Bonchev–Trinajstić information content (AvgIpc) is 2.03. The molecule has 0 heterocycles. The van der Waals surface area contributed by atoms with Gasteiger partial charge in [-0.25, -0.2) is 0 Å². The molecule has 0 aliphatic carbocycles. The molecule has 0 rings (SSSR count). The van der Waals surface area contributed by atoms with Gasteiger partial charge < -0.3 is 15.5 Å². The third-order valence-electron chi connectivity index (χ3n) is 2.15. The zero-order valence-corrected chi connectivity index (χ0v) is 9.01. The topological polar surface area (TPSA) is 52.5 Å². The van der Waals surface area contributed by atoms with Gasteiger partial charge in [-0.15, -0.1) is 0 Å². The second-order valence-electron chi connectivity index (χ2n) is 3.94. The van der Waals surface area contributed by atoms with Crippen LogP contribution >= 0.6 is 0 Å². The Morgan fingerprint density at radius 3 is 2.46 bits per heavy atom. The third kappa shape index (κ3) is 6.99. The summed E-state index contributed by atoms with van der Waals surface area (Å²) in [6.45, 7) is 6.93. The highest BCUT2D eigenvalue weighted by Gasteiger charge is 2.18. The standard InChI is InChI=1S/C10H23NO2/c1-4-6-10(3,13)8-11-7-9(12)5-2/h9,11-13H,4-8H2,1-3H3. The van der Waals surface area contributed by atoms with Crippen molar-refractivity contribution in [2.24, 2.45) is 0 Å². The fourth-order valence-corrected chi connectivity index (χ4v) is 1.28. The molecular weight excluding hydrogens is 166 g/mol. The Labute approximate surface area is 81.2 Å². The third-order valence-corrected chi connectivity index (χ3v) is 2.15. The summed E-state index contributed by atoms with van der Waals surface area (Å²) in [5, 5.41) is 22.1. The summed E-state index contributed by atoms with van der Waals surface area (Å²) in [5.41, 5.74) is -0.637. The molecule has 0 saturated carbocycles. The first-order chi connectivity index (χ1) is 6.02. The van der Waals surface area contributed by atoms with Crippen molar-refractivity contribution in [2.45, 2.75) is 51.7 Å². The second-order valence-corrected chi connectivity index (χ2v) is 3.94. The van der Waals surface area contributed by atoms with Crippen LogP contribution in [-0.4, -0.2) is 35.0 Å². The molecule has 0 aromatic rings. The summed E-state index contributed by atoms with van der Waals surface area (Å²) in [5.74, 6) is 0. The maximum atomic E-state index is 9.76. The predicted octanol–water partition coefficient (Wildman–Crippen LogP) is 0.898. The van der Waals surface area contributed by atoms with Gasteiger partial charge in [0.25, 0.3) is 0 Å². The Balaban J connectivity index is 3.50. The summed E-state index contributed by atoms with van der Waals surface area (Å²) in [7, 11) is 0. The molecule has 13 heavy (non-hydrogen) atoms. The molecule has 3 nitrogen and oxygen atoms in total. The van der Waals surface area contributed by atoms with Crippen molar-refractivity contribution in [1.29, 1.82) is 0 Å². The molecule has 2 unspecified atom stereocenters. The molecule has 0 aliphatic rings. The van der Waals surface area contributed by atoms with Crippen molar-refractivity contribution in [3.63, 3.8) is 0 Å². The maximum absolute atomic E-state index is 9.76. The van der Waals surface area contributed by atoms with Gasteiger partial charge >= 0.3 is 0 Å². The number of hydrogen-bond acceptors (Lipinski definition) is 3. The molecule has 0 aromatic heterocycles. The highest BCUT2D eigenvalue weighted by Crippen LogP contribution is 2.09. The summed E-state index contributed by atoms with van der Waals surface area (Å²) in [6.07, 6.45) is 2.23. The lowest BCUT2D eigenvalue weighted by Gasteiger charge is -2.23. The van der Waals surface area contributed by atoms with Crippen LogP contribution < -0.4 is 5.32 Å². The Morgan fingerprint density at radius 2 is 2.00 bits per heavy atom. The van der Waals surface area contributed by atoms with Crippen molar-refractivity contribution < 1.29 is 10.2 Å². The molecule has 0 fully saturated rings. The molecule has 0 spiro atoms. The number of aliphatic hydroxyl groups is 2. The van der Waals surface area contributed by atoms with Crippen LogP contribution in [0.15, 0.2) is 0 Å². The van der Waals surface area contributed by atoms with Gasteiger partial charge in [-0.3, -0.25) is 0 Å². The van der Waals surface area contributed by atoms with Crippen molar-refractivity contribution in [3.05, 3.63) is 0 Å². The van der Waals surface area contributed by atoms with E-state index in [0.29, 0.717) is 13.1 Å². The van der Waals surface area contributed by atoms with E-state index in [2.05, 4.69) is 12.2 Å². The van der Waals surface area contributed by atoms with Crippen molar-refractivity contribution in [1.82, 2.24) is 5.32 Å². The molecule has 0 aliphatic heterocycles. The minimum Gasteiger partial charge on any atom is -0.392 e. The Bertz CT molecular complexity index is 126. The average molecular weight is 189 g/mol. The molecule has 0 amide bonds. The van der Waals surface area contributed by atoms with Crippen LogP contribution in [0.3, 0.4) is 0 Å². The molecule has 0 aromatic carbocycles.